The molecule has 92 valence electrons. The Morgan fingerprint density at radius 3 is 3.00 bits per heavy atom. The first kappa shape index (κ1) is 12.4. The van der Waals surface area contributed by atoms with Gasteiger partial charge in [-0.15, -0.1) is 0 Å². The first-order chi connectivity index (χ1) is 8.09. The normalized spacial score (nSPS) is 39.0. The minimum absolute atomic E-state index is 0.439. The van der Waals surface area contributed by atoms with E-state index in [2.05, 4.69) is 32.6 Å². The Bertz CT molecular complexity index is 373. The maximum Gasteiger partial charge on any atom is 0.0908 e. The van der Waals surface area contributed by atoms with E-state index >= 15 is 0 Å². The Labute approximate surface area is 105 Å². The third kappa shape index (κ3) is 2.06. The van der Waals surface area contributed by atoms with Gasteiger partial charge in [-0.2, -0.15) is 5.26 Å². The smallest absolute Gasteiger partial charge is 0.0908 e. The summed E-state index contributed by atoms with van der Waals surface area (Å²) >= 11 is 0. The summed E-state index contributed by atoms with van der Waals surface area (Å²) < 4.78 is 0. The summed E-state index contributed by atoms with van der Waals surface area (Å²) in [5, 5.41) is 8.65. The van der Waals surface area contributed by atoms with Crippen LogP contribution in [0.25, 0.3) is 0 Å². The summed E-state index contributed by atoms with van der Waals surface area (Å²) in [6.07, 6.45) is 10.2. The van der Waals surface area contributed by atoms with Crippen LogP contribution in [0.15, 0.2) is 24.3 Å². The van der Waals surface area contributed by atoms with Gasteiger partial charge in [-0.1, -0.05) is 32.1 Å². The maximum atomic E-state index is 8.65. The Kier molecular flexibility index (Phi) is 3.43. The van der Waals surface area contributed by atoms with E-state index in [0.717, 1.165) is 11.8 Å². The standard InChI is InChI=1S/C16H23N/c1-12-6-4-10-16(3)14(12)8-9-15(16)13(2)7-5-11-17/h5,7,13-15H,1,4,6,8-10H2,2-3H3/b7-5+/t13-,14?,15-,16+/m1/s1. The van der Waals surface area contributed by atoms with Gasteiger partial charge in [0.1, 0.15) is 0 Å². The Hall–Kier alpha value is -1.03. The number of allylic oxidation sites excluding steroid dienone is 3. The molecular formula is C16H23N. The van der Waals surface area contributed by atoms with Gasteiger partial charge >= 0.3 is 0 Å². The maximum absolute atomic E-state index is 8.65. The molecule has 4 atom stereocenters. The SMILES string of the molecule is C=C1CCC[C@@]2(C)C1CC[C@@H]2[C@H](C)/C=C/C#N. The zero-order chi connectivity index (χ0) is 12.5. The number of hydrogen-bond donors (Lipinski definition) is 0. The van der Waals surface area contributed by atoms with E-state index in [-0.39, 0.29) is 0 Å². The Balaban J connectivity index is 2.18. The highest BCUT2D eigenvalue weighted by atomic mass is 14.5. The molecule has 17 heavy (non-hydrogen) atoms. The van der Waals surface area contributed by atoms with Crippen molar-refractivity contribution in [3.63, 3.8) is 0 Å². The molecule has 1 nitrogen and oxygen atoms in total. The molecule has 2 aliphatic rings. The fraction of sp³-hybridized carbons (Fsp3) is 0.688. The molecule has 0 saturated heterocycles. The number of nitriles is 1. The van der Waals surface area contributed by atoms with Crippen molar-refractivity contribution in [3.8, 4) is 6.07 Å². The molecule has 0 aromatic carbocycles. The van der Waals surface area contributed by atoms with Gasteiger partial charge in [0, 0.05) is 6.08 Å². The van der Waals surface area contributed by atoms with E-state index in [1.807, 2.05) is 0 Å². The lowest BCUT2D eigenvalue weighted by Crippen LogP contribution is -2.35. The lowest BCUT2D eigenvalue weighted by atomic mass is 9.61. The van der Waals surface area contributed by atoms with E-state index in [1.165, 1.54) is 37.7 Å². The minimum atomic E-state index is 0.439. The van der Waals surface area contributed by atoms with Crippen molar-refractivity contribution in [1.29, 1.82) is 5.26 Å². The fourth-order valence-corrected chi connectivity index (χ4v) is 4.36. The van der Waals surface area contributed by atoms with Crippen molar-refractivity contribution >= 4 is 0 Å². The molecule has 0 aliphatic heterocycles. The predicted molar refractivity (Wildman–Crippen MR) is 71.2 cm³/mol. The first-order valence-electron chi connectivity index (χ1n) is 6.83. The van der Waals surface area contributed by atoms with Crippen molar-refractivity contribution in [3.05, 3.63) is 24.3 Å². The van der Waals surface area contributed by atoms with Gasteiger partial charge < -0.3 is 0 Å². The van der Waals surface area contributed by atoms with Crippen molar-refractivity contribution in [2.45, 2.75) is 46.0 Å². The van der Waals surface area contributed by atoms with Gasteiger partial charge in [0.25, 0.3) is 0 Å². The Morgan fingerprint density at radius 1 is 1.53 bits per heavy atom. The highest BCUT2D eigenvalue weighted by Gasteiger charge is 2.49. The molecule has 0 aromatic rings. The second kappa shape index (κ2) is 4.69. The van der Waals surface area contributed by atoms with Crippen LogP contribution in [0.4, 0.5) is 0 Å². The van der Waals surface area contributed by atoms with Crippen LogP contribution in [0.5, 0.6) is 0 Å². The van der Waals surface area contributed by atoms with Gasteiger partial charge in [-0.3, -0.25) is 0 Å². The van der Waals surface area contributed by atoms with Crippen molar-refractivity contribution in [2.24, 2.45) is 23.2 Å². The van der Waals surface area contributed by atoms with E-state index in [4.69, 9.17) is 5.26 Å². The molecule has 0 radical (unpaired) electrons. The number of rotatable bonds is 2. The highest BCUT2D eigenvalue weighted by Crippen LogP contribution is 2.59. The third-order valence-electron chi connectivity index (χ3n) is 5.22. The van der Waals surface area contributed by atoms with Crippen LogP contribution in [0.2, 0.25) is 0 Å². The Morgan fingerprint density at radius 2 is 2.29 bits per heavy atom. The van der Waals surface area contributed by atoms with E-state index < -0.39 is 0 Å². The molecule has 1 unspecified atom stereocenters. The number of nitrogens with zero attached hydrogens (tertiary/aromatic N) is 1. The van der Waals surface area contributed by atoms with E-state index in [9.17, 15) is 0 Å². The van der Waals surface area contributed by atoms with Crippen molar-refractivity contribution < 1.29 is 0 Å². The fourth-order valence-electron chi connectivity index (χ4n) is 4.36. The zero-order valence-corrected chi connectivity index (χ0v) is 11.1. The van der Waals surface area contributed by atoms with Crippen molar-refractivity contribution in [1.82, 2.24) is 0 Å². The predicted octanol–water partition coefficient (Wildman–Crippen LogP) is 4.47. The monoisotopic (exact) mass is 229 g/mol. The summed E-state index contributed by atoms with van der Waals surface area (Å²) in [6, 6.07) is 2.12. The summed E-state index contributed by atoms with van der Waals surface area (Å²) in [4.78, 5) is 0. The van der Waals surface area contributed by atoms with Crippen LogP contribution in [0.1, 0.15) is 46.0 Å². The van der Waals surface area contributed by atoms with Crippen LogP contribution >= 0.6 is 0 Å². The average Bonchev–Trinajstić information content (AvgIpc) is 2.64. The largest absolute Gasteiger partial charge is 0.193 e. The molecule has 2 fully saturated rings. The van der Waals surface area contributed by atoms with E-state index in [1.54, 1.807) is 6.08 Å². The molecular weight excluding hydrogens is 206 g/mol. The average molecular weight is 229 g/mol. The quantitative estimate of drug-likeness (QED) is 0.506. The summed E-state index contributed by atoms with van der Waals surface area (Å²) in [6.45, 7) is 9.01. The summed E-state index contributed by atoms with van der Waals surface area (Å²) in [5.74, 6) is 1.99. The lowest BCUT2D eigenvalue weighted by molar-refractivity contribution is 0.112. The van der Waals surface area contributed by atoms with Crippen LogP contribution in [0.3, 0.4) is 0 Å². The van der Waals surface area contributed by atoms with Crippen molar-refractivity contribution in [2.75, 3.05) is 0 Å². The molecule has 0 heterocycles. The van der Waals surface area contributed by atoms with Gasteiger partial charge in [0.05, 0.1) is 6.07 Å². The summed E-state index contributed by atoms with van der Waals surface area (Å²) in [7, 11) is 0. The van der Waals surface area contributed by atoms with Crippen LogP contribution < -0.4 is 0 Å². The van der Waals surface area contributed by atoms with Gasteiger partial charge in [0.15, 0.2) is 0 Å². The molecule has 2 aliphatic carbocycles. The third-order valence-corrected chi connectivity index (χ3v) is 5.22. The topological polar surface area (TPSA) is 23.8 Å². The number of fused-ring (bicyclic) bond motifs is 1. The molecule has 0 bridgehead atoms. The summed E-state index contributed by atoms with van der Waals surface area (Å²) in [5.41, 5.74) is 1.92. The second-order valence-corrected chi connectivity index (χ2v) is 6.10. The molecule has 1 heteroatoms. The zero-order valence-electron chi connectivity index (χ0n) is 11.1. The minimum Gasteiger partial charge on any atom is -0.193 e. The lowest BCUT2D eigenvalue weighted by Gasteiger charge is -2.43. The molecule has 0 aromatic heterocycles. The van der Waals surface area contributed by atoms with Gasteiger partial charge in [0.2, 0.25) is 0 Å². The van der Waals surface area contributed by atoms with Crippen LogP contribution in [0, 0.1) is 34.5 Å². The molecule has 2 saturated carbocycles. The molecule has 0 N–H and O–H groups in total. The van der Waals surface area contributed by atoms with Crippen LogP contribution in [-0.2, 0) is 0 Å². The van der Waals surface area contributed by atoms with Gasteiger partial charge in [-0.05, 0) is 55.3 Å². The van der Waals surface area contributed by atoms with E-state index in [0.29, 0.717) is 11.3 Å². The van der Waals surface area contributed by atoms with Gasteiger partial charge in [-0.25, -0.2) is 0 Å². The second-order valence-electron chi connectivity index (χ2n) is 6.10. The van der Waals surface area contributed by atoms with Crippen LogP contribution in [-0.4, -0.2) is 0 Å². The molecule has 0 spiro atoms. The molecule has 0 amide bonds. The first-order valence-corrected chi connectivity index (χ1v) is 6.83. The highest BCUT2D eigenvalue weighted by molar-refractivity contribution is 5.17. The molecule has 2 rings (SSSR count). The number of hydrogen-bond acceptors (Lipinski definition) is 1.